The van der Waals surface area contributed by atoms with Crippen molar-refractivity contribution in [3.8, 4) is 0 Å². The quantitative estimate of drug-likeness (QED) is 0.734. The van der Waals surface area contributed by atoms with Gasteiger partial charge in [0.05, 0.1) is 5.54 Å². The standard InChI is InChI=1S/C21H25FN4O3/c22-20-7-2-8-21(20,23)12-25(11-20)9-13-3-1-4-14-15(13)10-26(19(14)29)16-5-6-17(27)24-18(16)28/h1,3-4,16H,2,5-12,23H2,(H,24,27,28)/t16?,20-,21+/m1/s1. The number of amides is 3. The third-order valence-corrected chi connectivity index (χ3v) is 7.14. The van der Waals surface area contributed by atoms with Crippen molar-refractivity contribution in [2.45, 2.75) is 62.4 Å². The number of carbonyl (C=O) groups is 3. The van der Waals surface area contributed by atoms with Crippen LogP contribution in [-0.4, -0.2) is 57.9 Å². The lowest BCUT2D eigenvalue weighted by molar-refractivity contribution is -0.136. The number of likely N-dealkylation sites (tertiary alicyclic amines) is 1. The van der Waals surface area contributed by atoms with E-state index in [9.17, 15) is 14.4 Å². The summed E-state index contributed by atoms with van der Waals surface area (Å²) in [6.07, 6.45) is 2.61. The molecule has 4 aliphatic rings. The highest BCUT2D eigenvalue weighted by atomic mass is 19.1. The van der Waals surface area contributed by atoms with Crippen LogP contribution < -0.4 is 11.1 Å². The molecule has 1 aliphatic carbocycles. The second-order valence-corrected chi connectivity index (χ2v) is 8.96. The molecular formula is C21H25FN4O3. The predicted octanol–water partition coefficient (Wildman–Crippen LogP) is 0.853. The molecule has 0 radical (unpaired) electrons. The van der Waals surface area contributed by atoms with E-state index in [2.05, 4.69) is 5.32 Å². The average molecular weight is 400 g/mol. The number of hydrogen-bond acceptors (Lipinski definition) is 5. The summed E-state index contributed by atoms with van der Waals surface area (Å²) in [4.78, 5) is 40.2. The van der Waals surface area contributed by atoms with Crippen LogP contribution in [-0.2, 0) is 22.7 Å². The van der Waals surface area contributed by atoms with Gasteiger partial charge in [0, 0.05) is 38.2 Å². The summed E-state index contributed by atoms with van der Waals surface area (Å²) in [5.41, 5.74) is 6.71. The lowest BCUT2D eigenvalue weighted by atomic mass is 9.89. The molecule has 0 aromatic heterocycles. The first kappa shape index (κ1) is 18.7. The molecule has 8 heteroatoms. The van der Waals surface area contributed by atoms with Gasteiger partial charge in [-0.25, -0.2) is 4.39 Å². The molecule has 0 spiro atoms. The Kier molecular flexibility index (Phi) is 4.08. The van der Waals surface area contributed by atoms with Crippen molar-refractivity contribution in [1.82, 2.24) is 15.1 Å². The van der Waals surface area contributed by atoms with E-state index in [-0.39, 0.29) is 18.2 Å². The number of fused-ring (bicyclic) bond motifs is 2. The molecule has 3 amide bonds. The van der Waals surface area contributed by atoms with Crippen LogP contribution in [0.15, 0.2) is 18.2 Å². The summed E-state index contributed by atoms with van der Waals surface area (Å²) < 4.78 is 15.2. The number of rotatable bonds is 3. The van der Waals surface area contributed by atoms with E-state index in [1.165, 1.54) is 0 Å². The first-order valence-corrected chi connectivity index (χ1v) is 10.3. The minimum atomic E-state index is -1.33. The van der Waals surface area contributed by atoms with Crippen LogP contribution in [0.25, 0.3) is 0 Å². The van der Waals surface area contributed by atoms with Crippen molar-refractivity contribution in [3.63, 3.8) is 0 Å². The third-order valence-electron chi connectivity index (χ3n) is 7.14. The second kappa shape index (κ2) is 6.34. The van der Waals surface area contributed by atoms with E-state index in [1.54, 1.807) is 11.0 Å². The lowest BCUT2D eigenvalue weighted by Gasteiger charge is -2.29. The lowest BCUT2D eigenvalue weighted by Crippen LogP contribution is -2.53. The predicted molar refractivity (Wildman–Crippen MR) is 102 cm³/mol. The average Bonchev–Trinajstić information content (AvgIpc) is 3.21. The normalized spacial score (nSPS) is 34.5. The van der Waals surface area contributed by atoms with Gasteiger partial charge in [-0.05, 0) is 42.9 Å². The number of nitrogens with two attached hydrogens (primary N) is 1. The van der Waals surface area contributed by atoms with Crippen molar-refractivity contribution in [2.75, 3.05) is 13.1 Å². The number of benzene rings is 1. The fourth-order valence-electron chi connectivity index (χ4n) is 5.57. The van der Waals surface area contributed by atoms with Crippen molar-refractivity contribution < 1.29 is 18.8 Å². The summed E-state index contributed by atoms with van der Waals surface area (Å²) in [5.74, 6) is -0.904. The monoisotopic (exact) mass is 400 g/mol. The van der Waals surface area contributed by atoms with Crippen LogP contribution in [0.1, 0.15) is 53.6 Å². The zero-order valence-electron chi connectivity index (χ0n) is 16.2. The maximum atomic E-state index is 15.2. The summed E-state index contributed by atoms with van der Waals surface area (Å²) in [6, 6.07) is 4.93. The smallest absolute Gasteiger partial charge is 0.255 e. The SMILES string of the molecule is N[C@]12CCC[C@@]1(F)CN(Cc1cccc3c1CN(C1CCC(=O)NC1=O)C3=O)C2. The summed E-state index contributed by atoms with van der Waals surface area (Å²) in [7, 11) is 0. The van der Waals surface area contributed by atoms with Crippen molar-refractivity contribution in [1.29, 1.82) is 0 Å². The van der Waals surface area contributed by atoms with Gasteiger partial charge in [0.25, 0.3) is 5.91 Å². The molecule has 3 aliphatic heterocycles. The van der Waals surface area contributed by atoms with Crippen LogP contribution >= 0.6 is 0 Å². The molecule has 3 fully saturated rings. The Labute approximate surface area is 168 Å². The molecule has 1 aromatic carbocycles. The van der Waals surface area contributed by atoms with Gasteiger partial charge in [-0.2, -0.15) is 0 Å². The van der Waals surface area contributed by atoms with Gasteiger partial charge in [0.15, 0.2) is 0 Å². The number of halogens is 1. The Bertz CT molecular complexity index is 903. The molecule has 1 aromatic rings. The highest BCUT2D eigenvalue weighted by Gasteiger charge is 2.59. The van der Waals surface area contributed by atoms with Crippen molar-refractivity contribution >= 4 is 17.7 Å². The van der Waals surface area contributed by atoms with Gasteiger partial charge in [-0.15, -0.1) is 0 Å². The van der Waals surface area contributed by atoms with E-state index in [0.29, 0.717) is 51.0 Å². The molecular weight excluding hydrogens is 375 g/mol. The second-order valence-electron chi connectivity index (χ2n) is 8.96. The Balaban J connectivity index is 1.36. The van der Waals surface area contributed by atoms with Crippen LogP contribution in [0.2, 0.25) is 0 Å². The number of piperidine rings is 1. The maximum absolute atomic E-state index is 15.2. The van der Waals surface area contributed by atoms with Crippen molar-refractivity contribution in [2.24, 2.45) is 5.73 Å². The third kappa shape index (κ3) is 2.80. The van der Waals surface area contributed by atoms with Crippen LogP contribution in [0, 0.1) is 0 Å². The van der Waals surface area contributed by atoms with Gasteiger partial charge < -0.3 is 10.6 Å². The molecule has 0 bridgehead atoms. The van der Waals surface area contributed by atoms with E-state index >= 15 is 4.39 Å². The first-order chi connectivity index (χ1) is 13.8. The number of alkyl halides is 1. The maximum Gasteiger partial charge on any atom is 0.255 e. The summed E-state index contributed by atoms with van der Waals surface area (Å²) >= 11 is 0. The molecule has 29 heavy (non-hydrogen) atoms. The van der Waals surface area contributed by atoms with E-state index in [1.807, 2.05) is 17.0 Å². The number of hydrogen-bond donors (Lipinski definition) is 2. The zero-order chi connectivity index (χ0) is 20.4. The van der Waals surface area contributed by atoms with Crippen molar-refractivity contribution in [3.05, 3.63) is 34.9 Å². The van der Waals surface area contributed by atoms with E-state index in [0.717, 1.165) is 17.5 Å². The van der Waals surface area contributed by atoms with E-state index < -0.39 is 23.2 Å². The molecule has 1 unspecified atom stereocenters. The summed E-state index contributed by atoms with van der Waals surface area (Å²) in [6.45, 7) is 1.69. The number of imide groups is 1. The largest absolute Gasteiger partial charge is 0.322 e. The molecule has 1 saturated carbocycles. The molecule has 3 heterocycles. The number of carbonyl (C=O) groups excluding carboxylic acids is 3. The topological polar surface area (TPSA) is 95.7 Å². The Morgan fingerprint density at radius 1 is 1.21 bits per heavy atom. The molecule has 5 rings (SSSR count). The fourth-order valence-corrected chi connectivity index (χ4v) is 5.57. The van der Waals surface area contributed by atoms with Gasteiger partial charge >= 0.3 is 0 Å². The number of nitrogens with one attached hydrogen (secondary N) is 1. The molecule has 2 saturated heterocycles. The van der Waals surface area contributed by atoms with Crippen LogP contribution in [0.5, 0.6) is 0 Å². The molecule has 7 nitrogen and oxygen atoms in total. The summed E-state index contributed by atoms with van der Waals surface area (Å²) in [5, 5.41) is 2.32. The molecule has 154 valence electrons. The Hall–Kier alpha value is -2.32. The highest BCUT2D eigenvalue weighted by Crippen LogP contribution is 2.46. The van der Waals surface area contributed by atoms with E-state index in [4.69, 9.17) is 5.73 Å². The highest BCUT2D eigenvalue weighted by molar-refractivity contribution is 6.05. The first-order valence-electron chi connectivity index (χ1n) is 10.3. The Morgan fingerprint density at radius 2 is 2.03 bits per heavy atom. The number of nitrogens with zero attached hydrogens (tertiary/aromatic N) is 2. The van der Waals surface area contributed by atoms with Gasteiger partial charge in [0.2, 0.25) is 11.8 Å². The zero-order valence-corrected chi connectivity index (χ0v) is 16.2. The minimum absolute atomic E-state index is 0.188. The molecule has 3 atom stereocenters. The van der Waals surface area contributed by atoms with Crippen LogP contribution in [0.4, 0.5) is 4.39 Å². The van der Waals surface area contributed by atoms with Gasteiger partial charge in [-0.1, -0.05) is 12.1 Å². The minimum Gasteiger partial charge on any atom is -0.322 e. The van der Waals surface area contributed by atoms with Crippen LogP contribution in [0.3, 0.4) is 0 Å². The molecule has 3 N–H and O–H groups in total. The van der Waals surface area contributed by atoms with Gasteiger partial charge in [0.1, 0.15) is 11.7 Å². The fraction of sp³-hybridized carbons (Fsp3) is 0.571. The van der Waals surface area contributed by atoms with Gasteiger partial charge in [-0.3, -0.25) is 24.6 Å². The Morgan fingerprint density at radius 3 is 2.79 bits per heavy atom.